The monoisotopic (exact) mass is 1630 g/mol. The molecule has 520 valence electrons. The fraction of sp³-hybridized carbons (Fsp3) is 0.122. The maximum atomic E-state index is 6.54. The van der Waals surface area contributed by atoms with Crippen LogP contribution in [-0.2, 0) is 0 Å². The van der Waals surface area contributed by atoms with Crippen LogP contribution in [0.5, 0.6) is 0 Å². The molecule has 0 aliphatic carbocycles. The van der Waals surface area contributed by atoms with Crippen LogP contribution in [0.25, 0.3) is 175 Å². The van der Waals surface area contributed by atoms with Gasteiger partial charge in [0.05, 0.1) is 0 Å². The topological polar surface area (TPSA) is 26.3 Å². The molecule has 16 aromatic carbocycles. The quantitative estimate of drug-likeness (QED) is 0.123. The first-order valence-corrected chi connectivity index (χ1v) is 35.5. The summed E-state index contributed by atoms with van der Waals surface area (Å²) in [6, 6.07) is 114. The van der Waals surface area contributed by atoms with Gasteiger partial charge in [-0.15, -0.1) is 0 Å². The first-order chi connectivity index (χ1) is 48.7. The predicted octanol–water partition coefficient (Wildman–Crippen LogP) is 31.2. The molecule has 0 bridgehead atoms. The van der Waals surface area contributed by atoms with E-state index in [9.17, 15) is 0 Å². The number of rotatable bonds is 6. The van der Waals surface area contributed by atoms with Gasteiger partial charge in [0.2, 0.25) is 0 Å². The molecule has 0 radical (unpaired) electrons. The van der Waals surface area contributed by atoms with Crippen molar-refractivity contribution in [1.29, 1.82) is 0 Å². The van der Waals surface area contributed by atoms with Crippen molar-refractivity contribution in [2.24, 2.45) is 0 Å². The van der Waals surface area contributed by atoms with Crippen LogP contribution < -0.4 is 0 Å². The maximum absolute atomic E-state index is 6.54. The SMILES string of the molecule is CC.CC.CC.CC.CC.CC.[CH3-].[CH3-].[Dy].[Dy].c1ccc2c(-c3ccc(-c4c5ccccc5c(-c5ccc6oc7ccccc7c6c5)c5ccccc45)cc3)cccc2c1.c1ccc2c(-c3ccc(-c4c5ccccc5c(-c5cccc6c5oc5ccccc56)c5ccccc45)cc3)cccc2c1. The average Bonchev–Trinajstić information content (AvgIpc) is 0.997. The van der Waals surface area contributed by atoms with Crippen molar-refractivity contribution < 1.29 is 85.2 Å². The number of hydrogen-bond acceptors (Lipinski definition) is 2. The van der Waals surface area contributed by atoms with Crippen LogP contribution in [0.2, 0.25) is 0 Å². The summed E-state index contributed by atoms with van der Waals surface area (Å²) < 4.78 is 12.7. The Kier molecular flexibility index (Phi) is 30.4. The molecule has 0 N–H and O–H groups in total. The average molecular weight is 1630 g/mol. The first-order valence-electron chi connectivity index (χ1n) is 35.5. The molecule has 2 aromatic heterocycles. The van der Waals surface area contributed by atoms with Gasteiger partial charge in [-0.2, -0.15) is 0 Å². The molecule has 0 saturated carbocycles. The third-order valence-corrected chi connectivity index (χ3v) is 17.8. The molecule has 18 aromatic rings. The molecule has 2 nitrogen and oxygen atoms in total. The summed E-state index contributed by atoms with van der Waals surface area (Å²) in [5.74, 6) is 0. The minimum absolute atomic E-state index is 0. The molecule has 0 saturated heterocycles. The Labute approximate surface area is 666 Å². The molecule has 0 fully saturated rings. The number of benzene rings is 16. The molecule has 2 heterocycles. The molecule has 0 amide bonds. The summed E-state index contributed by atoms with van der Waals surface area (Å²) in [4.78, 5) is 0. The van der Waals surface area contributed by atoms with Gasteiger partial charge in [-0.3, -0.25) is 0 Å². The van der Waals surface area contributed by atoms with Gasteiger partial charge in [-0.05, 0) is 145 Å². The second-order valence-electron chi connectivity index (χ2n) is 22.5. The Morgan fingerprint density at radius 2 is 0.431 bits per heavy atom. The minimum Gasteiger partial charge on any atom is -0.456 e. The van der Waals surface area contributed by atoms with Gasteiger partial charge in [0.25, 0.3) is 0 Å². The molecule has 0 aliphatic heterocycles. The molecule has 4 heteroatoms. The van der Waals surface area contributed by atoms with Crippen molar-refractivity contribution >= 4 is 109 Å². The zero-order valence-corrected chi connectivity index (χ0v) is 65.5. The smallest absolute Gasteiger partial charge is 0.143 e. The van der Waals surface area contributed by atoms with E-state index in [1.807, 2.05) is 101 Å². The van der Waals surface area contributed by atoms with E-state index >= 15 is 0 Å². The fourth-order valence-corrected chi connectivity index (χ4v) is 13.9. The summed E-state index contributed by atoms with van der Waals surface area (Å²) in [5, 5.41) is 19.6. The van der Waals surface area contributed by atoms with Crippen LogP contribution in [0, 0.1) is 91.2 Å². The van der Waals surface area contributed by atoms with Crippen molar-refractivity contribution in [3.8, 4) is 66.8 Å². The van der Waals surface area contributed by atoms with Gasteiger partial charge in [0, 0.05) is 109 Å². The minimum atomic E-state index is 0. The predicted molar refractivity (Wildman–Crippen MR) is 446 cm³/mol. The van der Waals surface area contributed by atoms with Crippen LogP contribution in [0.3, 0.4) is 0 Å². The Morgan fingerprint density at radius 3 is 0.833 bits per heavy atom. The molecule has 18 rings (SSSR count). The van der Waals surface area contributed by atoms with E-state index in [-0.39, 0.29) is 91.2 Å². The van der Waals surface area contributed by atoms with Crippen LogP contribution in [0.15, 0.2) is 324 Å². The Balaban J connectivity index is 0.000000241. The van der Waals surface area contributed by atoms with Crippen LogP contribution >= 0.6 is 0 Å². The van der Waals surface area contributed by atoms with Gasteiger partial charge >= 0.3 is 0 Å². The van der Waals surface area contributed by atoms with Gasteiger partial charge in [-0.25, -0.2) is 0 Å². The van der Waals surface area contributed by atoms with Crippen molar-refractivity contribution in [2.75, 3.05) is 0 Å². The first kappa shape index (κ1) is 80.5. The molecule has 102 heavy (non-hydrogen) atoms. The summed E-state index contributed by atoms with van der Waals surface area (Å²) in [7, 11) is 0. The van der Waals surface area contributed by atoms with E-state index < -0.39 is 0 Å². The molecular formula is C98H94Dy2O2-2. The van der Waals surface area contributed by atoms with Crippen LogP contribution in [0.1, 0.15) is 83.1 Å². The fourth-order valence-electron chi connectivity index (χ4n) is 13.9. The van der Waals surface area contributed by atoms with E-state index in [4.69, 9.17) is 8.83 Å². The van der Waals surface area contributed by atoms with Gasteiger partial charge in [-0.1, -0.05) is 374 Å². The van der Waals surface area contributed by atoms with Crippen LogP contribution in [-0.4, -0.2) is 0 Å². The number of furan rings is 2. The van der Waals surface area contributed by atoms with E-state index in [1.54, 1.807) is 0 Å². The number of hydrogen-bond donors (Lipinski definition) is 0. The second-order valence-corrected chi connectivity index (χ2v) is 22.5. The van der Waals surface area contributed by atoms with E-state index in [2.05, 4.69) is 297 Å². The number of fused-ring (bicyclic) bond motifs is 12. The third-order valence-electron chi connectivity index (χ3n) is 17.8. The molecule has 0 unspecified atom stereocenters. The van der Waals surface area contributed by atoms with Crippen molar-refractivity contribution in [1.82, 2.24) is 0 Å². The van der Waals surface area contributed by atoms with E-state index in [1.165, 1.54) is 126 Å². The maximum Gasteiger partial charge on any atom is 0.143 e. The van der Waals surface area contributed by atoms with Gasteiger partial charge in [0.1, 0.15) is 22.3 Å². The van der Waals surface area contributed by atoms with Crippen molar-refractivity contribution in [2.45, 2.75) is 83.1 Å². The molecular weight excluding hydrogens is 1530 g/mol. The van der Waals surface area contributed by atoms with Crippen LogP contribution in [0.4, 0.5) is 0 Å². The zero-order valence-electron chi connectivity index (χ0n) is 61.5. The Hall–Kier alpha value is -8.77. The van der Waals surface area contributed by atoms with E-state index in [0.717, 1.165) is 49.4 Å². The van der Waals surface area contributed by atoms with Crippen molar-refractivity contribution in [3.05, 3.63) is 330 Å². The Bertz CT molecular complexity index is 5580. The summed E-state index contributed by atoms with van der Waals surface area (Å²) in [5.41, 5.74) is 18.4. The summed E-state index contributed by atoms with van der Waals surface area (Å²) in [6.07, 6.45) is 0. The molecule has 0 aliphatic rings. The van der Waals surface area contributed by atoms with Crippen molar-refractivity contribution in [3.63, 3.8) is 0 Å². The van der Waals surface area contributed by atoms with Gasteiger partial charge < -0.3 is 23.7 Å². The standard InChI is InChI=1S/2C42H26O.6C2H6.2CH3.2Dy/c1-2-13-30-27(11-1)12-9-19-31(30)28-23-25-29(26-24-28)40-33-15-3-5-17-35(33)41(36-18-6-4-16-34(36)40)38-21-10-20-37-32-14-7-8-22-39(32)43-42(37)38;1-2-12-31-27(10-1)11-9-18-32(31)28-20-22-29(23-21-28)41-34-14-3-5-16-36(34)42(37-17-6-4-15-35(37)41)30-24-25-40-38(26-30)33-13-7-8-19-39(33)43-40;6*1-2;;;;/h2*1-26H;6*1-2H3;2*1H3;;/q;;;;;;;;2*-1;;. The van der Waals surface area contributed by atoms with Gasteiger partial charge in [0.15, 0.2) is 0 Å². The third kappa shape index (κ3) is 15.6. The molecule has 0 atom stereocenters. The largest absolute Gasteiger partial charge is 0.456 e. The normalized spacial score (nSPS) is 10.2. The Morgan fingerprint density at radius 1 is 0.176 bits per heavy atom. The van der Waals surface area contributed by atoms with E-state index in [0.29, 0.717) is 0 Å². The molecule has 0 spiro atoms. The summed E-state index contributed by atoms with van der Waals surface area (Å²) in [6.45, 7) is 24.0. The number of para-hydroxylation sites is 3. The second kappa shape index (κ2) is 38.5. The summed E-state index contributed by atoms with van der Waals surface area (Å²) >= 11 is 0. The zero-order chi connectivity index (χ0) is 68.7.